The molecule has 0 aliphatic heterocycles. The Morgan fingerprint density at radius 3 is 1.58 bits per heavy atom. The second kappa shape index (κ2) is 6.49. The van der Waals surface area contributed by atoms with E-state index in [0.717, 1.165) is 12.8 Å². The SMILES string of the molecule is C=C(CC1(CC(=C)C(=O)OCO)CC1)C(=O)OCO. The zero-order valence-corrected chi connectivity index (χ0v) is 10.7. The summed E-state index contributed by atoms with van der Waals surface area (Å²) in [6, 6.07) is 0. The van der Waals surface area contributed by atoms with Crippen LogP contribution in [0.5, 0.6) is 0 Å². The van der Waals surface area contributed by atoms with Gasteiger partial charge in [0.05, 0.1) is 0 Å². The molecule has 0 aromatic rings. The van der Waals surface area contributed by atoms with Crippen LogP contribution in [0.1, 0.15) is 25.7 Å². The number of hydrogen-bond acceptors (Lipinski definition) is 6. The lowest BCUT2D eigenvalue weighted by Gasteiger charge is -2.16. The van der Waals surface area contributed by atoms with Crippen molar-refractivity contribution >= 4 is 11.9 Å². The summed E-state index contributed by atoms with van der Waals surface area (Å²) < 4.78 is 8.88. The molecule has 0 aromatic carbocycles. The molecule has 0 heterocycles. The molecule has 0 aromatic heterocycles. The van der Waals surface area contributed by atoms with Crippen LogP contribution >= 0.6 is 0 Å². The van der Waals surface area contributed by atoms with E-state index in [-0.39, 0.29) is 16.6 Å². The highest BCUT2D eigenvalue weighted by atomic mass is 16.6. The molecule has 6 heteroatoms. The average molecular weight is 270 g/mol. The van der Waals surface area contributed by atoms with Crippen molar-refractivity contribution in [1.29, 1.82) is 0 Å². The quantitative estimate of drug-likeness (QED) is 0.382. The zero-order chi connectivity index (χ0) is 14.5. The topological polar surface area (TPSA) is 93.1 Å². The Kier molecular flexibility index (Phi) is 5.26. The maximum atomic E-state index is 11.3. The third kappa shape index (κ3) is 4.50. The van der Waals surface area contributed by atoms with Crippen molar-refractivity contribution in [2.75, 3.05) is 13.6 Å². The van der Waals surface area contributed by atoms with Crippen LogP contribution in [-0.2, 0) is 19.1 Å². The summed E-state index contributed by atoms with van der Waals surface area (Å²) in [6.45, 7) is 5.87. The van der Waals surface area contributed by atoms with Gasteiger partial charge in [0, 0.05) is 11.1 Å². The van der Waals surface area contributed by atoms with Gasteiger partial charge in [-0.15, -0.1) is 0 Å². The molecular formula is C13H18O6. The molecule has 0 spiro atoms. The van der Waals surface area contributed by atoms with Gasteiger partial charge < -0.3 is 19.7 Å². The Morgan fingerprint density at radius 2 is 1.32 bits per heavy atom. The van der Waals surface area contributed by atoms with Crippen molar-refractivity contribution in [3.05, 3.63) is 24.3 Å². The third-order valence-electron chi connectivity index (χ3n) is 3.10. The largest absolute Gasteiger partial charge is 0.435 e. The number of rotatable bonds is 8. The average Bonchev–Trinajstić information content (AvgIpc) is 3.09. The predicted molar refractivity (Wildman–Crippen MR) is 65.5 cm³/mol. The van der Waals surface area contributed by atoms with Gasteiger partial charge in [0.2, 0.25) is 0 Å². The first-order valence-corrected chi connectivity index (χ1v) is 5.85. The normalized spacial score (nSPS) is 15.5. The van der Waals surface area contributed by atoms with Gasteiger partial charge in [-0.2, -0.15) is 0 Å². The highest BCUT2D eigenvalue weighted by molar-refractivity contribution is 5.89. The Balaban J connectivity index is 2.49. The van der Waals surface area contributed by atoms with Gasteiger partial charge in [-0.3, -0.25) is 0 Å². The Morgan fingerprint density at radius 1 is 0.947 bits per heavy atom. The molecule has 1 fully saturated rings. The van der Waals surface area contributed by atoms with Crippen LogP contribution in [0, 0.1) is 5.41 Å². The van der Waals surface area contributed by atoms with Gasteiger partial charge in [0.25, 0.3) is 0 Å². The molecule has 6 nitrogen and oxygen atoms in total. The first kappa shape index (κ1) is 15.4. The van der Waals surface area contributed by atoms with Crippen LogP contribution in [0.15, 0.2) is 24.3 Å². The second-order valence-electron chi connectivity index (χ2n) is 4.68. The summed E-state index contributed by atoms with van der Waals surface area (Å²) in [4.78, 5) is 22.7. The number of carbonyl (C=O) groups excluding carboxylic acids is 2. The molecule has 1 rings (SSSR count). The molecule has 0 atom stereocenters. The van der Waals surface area contributed by atoms with Crippen molar-refractivity contribution in [2.45, 2.75) is 25.7 Å². The Labute approximate surface area is 111 Å². The summed E-state index contributed by atoms with van der Waals surface area (Å²) in [5.74, 6) is -1.28. The first-order valence-electron chi connectivity index (χ1n) is 5.85. The van der Waals surface area contributed by atoms with Crippen molar-refractivity contribution in [3.63, 3.8) is 0 Å². The standard InChI is InChI=1S/C13H18O6/c1-9(11(16)18-7-14)5-13(3-4-13)6-10(2)12(17)19-8-15/h14-15H,1-8H2. The van der Waals surface area contributed by atoms with Crippen LogP contribution in [0.2, 0.25) is 0 Å². The molecule has 19 heavy (non-hydrogen) atoms. The lowest BCUT2D eigenvalue weighted by Crippen LogP contribution is -2.16. The van der Waals surface area contributed by atoms with E-state index in [1.807, 2.05) is 0 Å². The van der Waals surface area contributed by atoms with Crippen LogP contribution in [-0.4, -0.2) is 35.7 Å². The van der Waals surface area contributed by atoms with E-state index in [0.29, 0.717) is 12.8 Å². The number of aliphatic hydroxyl groups is 2. The number of ether oxygens (including phenoxy) is 2. The van der Waals surface area contributed by atoms with Crippen LogP contribution in [0.25, 0.3) is 0 Å². The van der Waals surface area contributed by atoms with E-state index in [4.69, 9.17) is 10.2 Å². The second-order valence-corrected chi connectivity index (χ2v) is 4.68. The highest BCUT2D eigenvalue weighted by Gasteiger charge is 2.44. The summed E-state index contributed by atoms with van der Waals surface area (Å²) in [6.07, 6.45) is 2.47. The third-order valence-corrected chi connectivity index (χ3v) is 3.10. The fraction of sp³-hybridized carbons (Fsp3) is 0.538. The lowest BCUT2D eigenvalue weighted by molar-refractivity contribution is -0.147. The highest BCUT2D eigenvalue weighted by Crippen LogP contribution is 2.54. The predicted octanol–water partition coefficient (Wildman–Crippen LogP) is 0.645. The molecule has 0 unspecified atom stereocenters. The van der Waals surface area contributed by atoms with Gasteiger partial charge in [0.1, 0.15) is 0 Å². The van der Waals surface area contributed by atoms with Crippen molar-refractivity contribution < 1.29 is 29.3 Å². The number of aliphatic hydroxyl groups excluding tert-OH is 2. The van der Waals surface area contributed by atoms with Gasteiger partial charge >= 0.3 is 11.9 Å². The summed E-state index contributed by atoms with van der Waals surface area (Å²) in [5, 5.41) is 17.0. The van der Waals surface area contributed by atoms with Gasteiger partial charge in [-0.05, 0) is 31.1 Å². The maximum Gasteiger partial charge on any atom is 0.335 e. The minimum atomic E-state index is -0.680. The van der Waals surface area contributed by atoms with E-state index in [9.17, 15) is 9.59 Å². The fourth-order valence-electron chi connectivity index (χ4n) is 1.96. The van der Waals surface area contributed by atoms with Crippen LogP contribution in [0.3, 0.4) is 0 Å². The minimum absolute atomic E-state index is 0.211. The van der Waals surface area contributed by atoms with E-state index < -0.39 is 25.5 Å². The number of esters is 2. The molecule has 2 N–H and O–H groups in total. The Bertz CT molecular complexity index is 360. The van der Waals surface area contributed by atoms with Gasteiger partial charge in [0.15, 0.2) is 13.6 Å². The van der Waals surface area contributed by atoms with Gasteiger partial charge in [-0.25, -0.2) is 9.59 Å². The molecule has 0 saturated heterocycles. The molecule has 1 aliphatic carbocycles. The first-order chi connectivity index (χ1) is 8.94. The summed E-state index contributed by atoms with van der Waals surface area (Å²) in [5.41, 5.74) is 0.307. The van der Waals surface area contributed by atoms with Crippen molar-refractivity contribution in [3.8, 4) is 0 Å². The number of hydrogen-bond donors (Lipinski definition) is 2. The maximum absolute atomic E-state index is 11.3. The van der Waals surface area contributed by atoms with Crippen molar-refractivity contribution in [2.24, 2.45) is 5.41 Å². The van der Waals surface area contributed by atoms with E-state index in [1.54, 1.807) is 0 Å². The van der Waals surface area contributed by atoms with E-state index in [1.165, 1.54) is 0 Å². The molecule has 1 saturated carbocycles. The smallest absolute Gasteiger partial charge is 0.335 e. The van der Waals surface area contributed by atoms with E-state index >= 15 is 0 Å². The van der Waals surface area contributed by atoms with Crippen LogP contribution < -0.4 is 0 Å². The lowest BCUT2D eigenvalue weighted by atomic mass is 9.90. The molecule has 0 amide bonds. The van der Waals surface area contributed by atoms with E-state index in [2.05, 4.69) is 22.6 Å². The Hall–Kier alpha value is -1.66. The van der Waals surface area contributed by atoms with Crippen molar-refractivity contribution in [1.82, 2.24) is 0 Å². The number of carbonyl (C=O) groups is 2. The monoisotopic (exact) mass is 270 g/mol. The zero-order valence-electron chi connectivity index (χ0n) is 10.7. The fourth-order valence-corrected chi connectivity index (χ4v) is 1.96. The molecule has 0 bridgehead atoms. The molecular weight excluding hydrogens is 252 g/mol. The summed E-state index contributed by atoms with van der Waals surface area (Å²) >= 11 is 0. The van der Waals surface area contributed by atoms with Crippen LogP contribution in [0.4, 0.5) is 0 Å². The molecule has 1 aliphatic rings. The molecule has 0 radical (unpaired) electrons. The summed E-state index contributed by atoms with van der Waals surface area (Å²) in [7, 11) is 0. The van der Waals surface area contributed by atoms with Gasteiger partial charge in [-0.1, -0.05) is 13.2 Å². The molecule has 106 valence electrons. The minimum Gasteiger partial charge on any atom is -0.435 e.